The average molecular weight is 378 g/mol. The van der Waals surface area contributed by atoms with E-state index in [1.54, 1.807) is 6.20 Å². The van der Waals surface area contributed by atoms with Gasteiger partial charge in [-0.05, 0) is 43.7 Å². The van der Waals surface area contributed by atoms with E-state index in [0.717, 1.165) is 5.69 Å². The fourth-order valence-corrected chi connectivity index (χ4v) is 4.46. The molecule has 0 bridgehead atoms. The molecule has 0 amide bonds. The van der Waals surface area contributed by atoms with Crippen molar-refractivity contribution in [3.05, 3.63) is 52.8 Å². The van der Waals surface area contributed by atoms with Crippen molar-refractivity contribution in [2.24, 2.45) is 0 Å². The van der Waals surface area contributed by atoms with E-state index >= 15 is 0 Å². The summed E-state index contributed by atoms with van der Waals surface area (Å²) in [6.07, 6.45) is 1.94. The Morgan fingerprint density at radius 3 is 2.84 bits per heavy atom. The third-order valence-corrected chi connectivity index (χ3v) is 6.13. The van der Waals surface area contributed by atoms with E-state index in [2.05, 4.69) is 4.98 Å². The van der Waals surface area contributed by atoms with Crippen LogP contribution in [0.3, 0.4) is 0 Å². The first-order valence-electron chi connectivity index (χ1n) is 7.69. The van der Waals surface area contributed by atoms with Crippen LogP contribution in [0.5, 0.6) is 5.75 Å². The Kier molecular flexibility index (Phi) is 4.95. The zero-order chi connectivity index (χ0) is 18.0. The highest BCUT2D eigenvalue weighted by molar-refractivity contribution is 7.89. The number of hydrogen-bond donors (Lipinski definition) is 0. The van der Waals surface area contributed by atoms with Crippen molar-refractivity contribution >= 4 is 21.6 Å². The van der Waals surface area contributed by atoms with Crippen molar-refractivity contribution in [2.45, 2.75) is 24.3 Å². The molecule has 1 fully saturated rings. The number of hydrogen-bond acceptors (Lipinski definition) is 5. The van der Waals surface area contributed by atoms with Crippen LogP contribution in [0.2, 0.25) is 5.02 Å². The molecule has 130 valence electrons. The minimum Gasteiger partial charge on any atom is -0.487 e. The average Bonchev–Trinajstić information content (AvgIpc) is 3.06. The number of benzene rings is 1. The second kappa shape index (κ2) is 7.00. The lowest BCUT2D eigenvalue weighted by atomic mass is 10.2. The molecule has 1 aliphatic heterocycles. The van der Waals surface area contributed by atoms with Gasteiger partial charge in [0.2, 0.25) is 10.0 Å². The topological polar surface area (TPSA) is 83.3 Å². The number of aryl methyl sites for hydroxylation is 1. The molecule has 1 aliphatic rings. The van der Waals surface area contributed by atoms with Gasteiger partial charge in [0.1, 0.15) is 22.8 Å². The van der Waals surface area contributed by atoms with Crippen LogP contribution < -0.4 is 4.74 Å². The van der Waals surface area contributed by atoms with Crippen LogP contribution in [0.15, 0.2) is 41.4 Å². The lowest BCUT2D eigenvalue weighted by Gasteiger charge is -2.18. The summed E-state index contributed by atoms with van der Waals surface area (Å²) in [6.45, 7) is 2.44. The minimum absolute atomic E-state index is 0.0305. The normalized spacial score (nSPS) is 18.0. The highest BCUT2D eigenvalue weighted by atomic mass is 35.5. The fourth-order valence-electron chi connectivity index (χ4n) is 2.68. The summed E-state index contributed by atoms with van der Waals surface area (Å²) in [5.74, 6) is 0.610. The summed E-state index contributed by atoms with van der Waals surface area (Å²) in [5.41, 5.74) is 0.925. The molecule has 1 saturated heterocycles. The van der Waals surface area contributed by atoms with Crippen LogP contribution in [-0.2, 0) is 10.0 Å². The maximum absolute atomic E-state index is 12.8. The number of sulfonamides is 1. The molecule has 8 heteroatoms. The standard InChI is InChI=1S/C17H16ClN3O3S/c1-12-2-4-15(10-20-12)24-16-6-7-21(11-16)25(22,23)17-5-3-14(18)8-13(17)9-19/h2-5,8,10,16H,6-7,11H2,1H3/t16-/m0/s1. The van der Waals surface area contributed by atoms with Crippen molar-refractivity contribution in [1.82, 2.24) is 9.29 Å². The molecule has 0 unspecified atom stereocenters. The molecule has 0 N–H and O–H groups in total. The second-order valence-corrected chi connectivity index (χ2v) is 8.12. The summed E-state index contributed by atoms with van der Waals surface area (Å²) in [4.78, 5) is 4.13. The summed E-state index contributed by atoms with van der Waals surface area (Å²) >= 11 is 5.84. The van der Waals surface area contributed by atoms with Crippen molar-refractivity contribution in [3.63, 3.8) is 0 Å². The lowest BCUT2D eigenvalue weighted by molar-refractivity contribution is 0.214. The molecule has 2 aromatic rings. The predicted octanol–water partition coefficient (Wildman–Crippen LogP) is 2.76. The zero-order valence-corrected chi connectivity index (χ0v) is 15.1. The highest BCUT2D eigenvalue weighted by Gasteiger charge is 2.35. The smallest absolute Gasteiger partial charge is 0.244 e. The molecule has 1 aromatic heterocycles. The minimum atomic E-state index is -3.77. The first kappa shape index (κ1) is 17.7. The van der Waals surface area contributed by atoms with E-state index in [0.29, 0.717) is 23.7 Å². The van der Waals surface area contributed by atoms with Gasteiger partial charge in [0, 0.05) is 17.3 Å². The molecule has 1 aromatic carbocycles. The van der Waals surface area contributed by atoms with E-state index in [4.69, 9.17) is 16.3 Å². The van der Waals surface area contributed by atoms with Crippen LogP contribution >= 0.6 is 11.6 Å². The maximum Gasteiger partial charge on any atom is 0.244 e. The molecule has 0 spiro atoms. The first-order valence-corrected chi connectivity index (χ1v) is 9.51. The number of nitriles is 1. The molecule has 25 heavy (non-hydrogen) atoms. The predicted molar refractivity (Wildman–Crippen MR) is 92.9 cm³/mol. The summed E-state index contributed by atoms with van der Waals surface area (Å²) < 4.78 is 32.8. The Morgan fingerprint density at radius 1 is 1.36 bits per heavy atom. The molecule has 0 radical (unpaired) electrons. The number of halogens is 1. The molecule has 0 aliphatic carbocycles. The van der Waals surface area contributed by atoms with Crippen LogP contribution in [0.25, 0.3) is 0 Å². The summed E-state index contributed by atoms with van der Waals surface area (Å²) in [7, 11) is -3.77. The Hall–Kier alpha value is -2.14. The van der Waals surface area contributed by atoms with Crippen LogP contribution in [0.1, 0.15) is 17.7 Å². The number of nitrogens with zero attached hydrogens (tertiary/aromatic N) is 3. The molecular formula is C17H16ClN3O3S. The SMILES string of the molecule is Cc1ccc(O[C@H]2CCN(S(=O)(=O)c3ccc(Cl)cc3C#N)C2)cn1. The fraction of sp³-hybridized carbons (Fsp3) is 0.294. The molecule has 3 rings (SSSR count). The van der Waals surface area contributed by atoms with Crippen molar-refractivity contribution in [2.75, 3.05) is 13.1 Å². The van der Waals surface area contributed by atoms with Crippen molar-refractivity contribution in [1.29, 1.82) is 5.26 Å². The largest absolute Gasteiger partial charge is 0.487 e. The second-order valence-electron chi connectivity index (χ2n) is 5.78. The Labute approximate surface area is 151 Å². The molecule has 2 heterocycles. The van der Waals surface area contributed by atoms with Gasteiger partial charge >= 0.3 is 0 Å². The Morgan fingerprint density at radius 2 is 2.16 bits per heavy atom. The van der Waals surface area contributed by atoms with Gasteiger partial charge in [0.15, 0.2) is 0 Å². The third kappa shape index (κ3) is 3.76. The third-order valence-electron chi connectivity index (χ3n) is 3.97. The summed E-state index contributed by atoms with van der Waals surface area (Å²) in [5, 5.41) is 9.52. The van der Waals surface area contributed by atoms with Crippen LogP contribution in [-0.4, -0.2) is 36.9 Å². The number of pyridine rings is 1. The summed E-state index contributed by atoms with van der Waals surface area (Å²) in [6, 6.07) is 9.74. The number of ether oxygens (including phenoxy) is 1. The maximum atomic E-state index is 12.8. The van der Waals surface area contributed by atoms with E-state index in [1.807, 2.05) is 25.1 Å². The number of aromatic nitrogens is 1. The first-order chi connectivity index (χ1) is 11.9. The van der Waals surface area contributed by atoms with Crippen LogP contribution in [0.4, 0.5) is 0 Å². The van der Waals surface area contributed by atoms with Gasteiger partial charge in [0.05, 0.1) is 18.3 Å². The monoisotopic (exact) mass is 377 g/mol. The molecule has 0 saturated carbocycles. The van der Waals surface area contributed by atoms with Gasteiger partial charge < -0.3 is 4.74 Å². The molecule has 1 atom stereocenters. The van der Waals surface area contributed by atoms with Crippen LogP contribution in [0, 0.1) is 18.3 Å². The van der Waals surface area contributed by atoms with Gasteiger partial charge in [-0.1, -0.05) is 11.6 Å². The quantitative estimate of drug-likeness (QED) is 0.818. The van der Waals surface area contributed by atoms with E-state index in [9.17, 15) is 13.7 Å². The Bertz CT molecular complexity index is 923. The van der Waals surface area contributed by atoms with Crippen molar-refractivity contribution in [3.8, 4) is 11.8 Å². The molecule has 6 nitrogen and oxygen atoms in total. The van der Waals surface area contributed by atoms with E-state index < -0.39 is 10.0 Å². The van der Waals surface area contributed by atoms with Gasteiger partial charge in [-0.3, -0.25) is 4.98 Å². The van der Waals surface area contributed by atoms with Gasteiger partial charge in [0.25, 0.3) is 0 Å². The Balaban J connectivity index is 1.77. The highest BCUT2D eigenvalue weighted by Crippen LogP contribution is 2.27. The van der Waals surface area contributed by atoms with E-state index in [-0.39, 0.29) is 23.1 Å². The molecular weight excluding hydrogens is 362 g/mol. The zero-order valence-electron chi connectivity index (χ0n) is 13.5. The van der Waals surface area contributed by atoms with Gasteiger partial charge in [-0.25, -0.2) is 8.42 Å². The number of rotatable bonds is 4. The van der Waals surface area contributed by atoms with E-state index in [1.165, 1.54) is 22.5 Å². The van der Waals surface area contributed by atoms with Gasteiger partial charge in [-0.2, -0.15) is 9.57 Å². The van der Waals surface area contributed by atoms with Crippen molar-refractivity contribution < 1.29 is 13.2 Å². The lowest BCUT2D eigenvalue weighted by Crippen LogP contribution is -2.31. The van der Waals surface area contributed by atoms with Gasteiger partial charge in [-0.15, -0.1) is 0 Å².